The van der Waals surface area contributed by atoms with E-state index in [1.54, 1.807) is 6.07 Å². The number of likely N-dealkylation sites (N-methyl/N-ethyl adjacent to an activating group) is 1. The summed E-state index contributed by atoms with van der Waals surface area (Å²) in [6, 6.07) is 4.63. The van der Waals surface area contributed by atoms with Gasteiger partial charge in [0.2, 0.25) is 0 Å². The van der Waals surface area contributed by atoms with Gasteiger partial charge in [-0.2, -0.15) is 0 Å². The largest absolute Gasteiger partial charge is 0.297 e. The molecule has 0 bridgehead atoms. The highest BCUT2D eigenvalue weighted by molar-refractivity contribution is 6.03. The number of halogens is 1. The van der Waals surface area contributed by atoms with Gasteiger partial charge in [-0.15, -0.1) is 0 Å². The van der Waals surface area contributed by atoms with Gasteiger partial charge in [0.25, 0.3) is 0 Å². The zero-order valence-electron chi connectivity index (χ0n) is 12.0. The molecule has 1 saturated carbocycles. The third-order valence-corrected chi connectivity index (χ3v) is 4.26. The molecule has 3 heteroatoms. The Labute approximate surface area is 114 Å². The molecule has 1 aromatic rings. The fourth-order valence-corrected chi connectivity index (χ4v) is 3.15. The Kier molecular flexibility index (Phi) is 4.04. The number of ketones is 1. The normalized spacial score (nSPS) is 18.6. The van der Waals surface area contributed by atoms with Crippen LogP contribution in [0.1, 0.15) is 48.0 Å². The number of carbonyl (C=O) groups excluding carboxylic acids is 1. The van der Waals surface area contributed by atoms with Crippen LogP contribution < -0.4 is 0 Å². The number of aryl methyl sites for hydroxylation is 1. The molecular formula is C16H22FNO. The molecule has 0 N–H and O–H groups in total. The molecule has 1 aromatic carbocycles. The van der Waals surface area contributed by atoms with Crippen molar-refractivity contribution in [3.8, 4) is 0 Å². The molecular weight excluding hydrogens is 241 g/mol. The van der Waals surface area contributed by atoms with Gasteiger partial charge < -0.3 is 0 Å². The van der Waals surface area contributed by atoms with Crippen LogP contribution in [0.3, 0.4) is 0 Å². The molecule has 1 aliphatic carbocycles. The summed E-state index contributed by atoms with van der Waals surface area (Å²) < 4.78 is 13.5. The third kappa shape index (κ3) is 2.71. The predicted octanol–water partition coefficient (Wildman–Crippen LogP) is 3.58. The van der Waals surface area contributed by atoms with Crippen LogP contribution in [-0.4, -0.2) is 30.3 Å². The second-order valence-electron chi connectivity index (χ2n) is 5.83. The minimum absolute atomic E-state index is 0.0693. The van der Waals surface area contributed by atoms with E-state index in [1.807, 2.05) is 25.9 Å². The number of carbonyl (C=O) groups is 1. The number of Topliss-reactive ketones (excluding diaryl/α,β-unsaturated/α-hetero) is 1. The van der Waals surface area contributed by atoms with E-state index in [4.69, 9.17) is 0 Å². The van der Waals surface area contributed by atoms with Crippen LogP contribution in [0.2, 0.25) is 0 Å². The first kappa shape index (κ1) is 14.2. The molecule has 0 unspecified atom stereocenters. The molecule has 0 heterocycles. The van der Waals surface area contributed by atoms with Crippen LogP contribution in [0.15, 0.2) is 18.2 Å². The van der Waals surface area contributed by atoms with E-state index in [2.05, 4.69) is 0 Å². The van der Waals surface area contributed by atoms with Crippen molar-refractivity contribution in [2.45, 2.75) is 44.6 Å². The molecule has 1 aliphatic rings. The first-order valence-electron chi connectivity index (χ1n) is 6.95. The zero-order valence-corrected chi connectivity index (χ0v) is 12.0. The quantitative estimate of drug-likeness (QED) is 0.777. The maximum atomic E-state index is 13.5. The summed E-state index contributed by atoms with van der Waals surface area (Å²) in [5, 5.41) is 0. The van der Waals surface area contributed by atoms with Gasteiger partial charge in [-0.3, -0.25) is 9.69 Å². The molecule has 0 saturated heterocycles. The van der Waals surface area contributed by atoms with Crippen molar-refractivity contribution in [1.82, 2.24) is 4.90 Å². The summed E-state index contributed by atoms with van der Waals surface area (Å²) in [6.07, 6.45) is 5.06. The lowest BCUT2D eigenvalue weighted by molar-refractivity contribution is 0.0563. The van der Waals surface area contributed by atoms with Crippen LogP contribution in [0.5, 0.6) is 0 Å². The fourth-order valence-electron chi connectivity index (χ4n) is 3.15. The van der Waals surface area contributed by atoms with Crippen molar-refractivity contribution in [2.75, 3.05) is 14.1 Å². The molecule has 0 radical (unpaired) electrons. The first-order valence-corrected chi connectivity index (χ1v) is 6.95. The van der Waals surface area contributed by atoms with Gasteiger partial charge in [-0.05, 0) is 57.6 Å². The summed E-state index contributed by atoms with van der Waals surface area (Å²) in [7, 11) is 3.91. The van der Waals surface area contributed by atoms with Crippen molar-refractivity contribution in [1.29, 1.82) is 0 Å². The summed E-state index contributed by atoms with van der Waals surface area (Å²) in [5.41, 5.74) is 0.861. The monoisotopic (exact) mass is 263 g/mol. The lowest BCUT2D eigenvalue weighted by Crippen LogP contribution is -2.52. The minimum atomic E-state index is -0.446. The molecule has 1 fully saturated rings. The Morgan fingerprint density at radius 1 is 1.16 bits per heavy atom. The number of hydrogen-bond donors (Lipinski definition) is 0. The van der Waals surface area contributed by atoms with Crippen molar-refractivity contribution in [3.63, 3.8) is 0 Å². The van der Waals surface area contributed by atoms with Gasteiger partial charge in [0.1, 0.15) is 5.82 Å². The van der Waals surface area contributed by atoms with E-state index in [1.165, 1.54) is 18.6 Å². The van der Waals surface area contributed by atoms with Gasteiger partial charge >= 0.3 is 0 Å². The molecule has 0 amide bonds. The second kappa shape index (κ2) is 5.41. The number of rotatable bonds is 3. The van der Waals surface area contributed by atoms with Crippen molar-refractivity contribution in [3.05, 3.63) is 35.1 Å². The lowest BCUT2D eigenvalue weighted by Gasteiger charge is -2.41. The maximum absolute atomic E-state index is 13.5. The summed E-state index contributed by atoms with van der Waals surface area (Å²) in [5.74, 6) is -0.257. The van der Waals surface area contributed by atoms with Gasteiger partial charge in [-0.1, -0.05) is 19.3 Å². The Hall–Kier alpha value is -1.22. The number of benzene rings is 1. The topological polar surface area (TPSA) is 20.3 Å². The van der Waals surface area contributed by atoms with Gasteiger partial charge in [0.05, 0.1) is 5.54 Å². The average molecular weight is 263 g/mol. The van der Waals surface area contributed by atoms with Gasteiger partial charge in [0, 0.05) is 5.56 Å². The van der Waals surface area contributed by atoms with Crippen molar-refractivity contribution in [2.24, 2.45) is 0 Å². The highest BCUT2D eigenvalue weighted by Crippen LogP contribution is 2.35. The van der Waals surface area contributed by atoms with Crippen molar-refractivity contribution >= 4 is 5.78 Å². The Morgan fingerprint density at radius 2 is 1.79 bits per heavy atom. The zero-order chi connectivity index (χ0) is 14.0. The van der Waals surface area contributed by atoms with E-state index in [0.717, 1.165) is 31.2 Å². The molecule has 0 atom stereocenters. The standard InChI is InChI=1S/C16H22FNO/c1-12-9-13(11-14(17)10-12)15(19)16(18(2)3)7-5-4-6-8-16/h9-11H,4-8H2,1-3H3. The highest BCUT2D eigenvalue weighted by Gasteiger charge is 2.41. The van der Waals surface area contributed by atoms with Crippen molar-refractivity contribution < 1.29 is 9.18 Å². The predicted molar refractivity (Wildman–Crippen MR) is 75.0 cm³/mol. The molecule has 104 valence electrons. The summed E-state index contributed by atoms with van der Waals surface area (Å²) >= 11 is 0. The van der Waals surface area contributed by atoms with Gasteiger partial charge in [-0.25, -0.2) is 4.39 Å². The fraction of sp³-hybridized carbons (Fsp3) is 0.562. The lowest BCUT2D eigenvalue weighted by atomic mass is 9.75. The van der Waals surface area contributed by atoms with Crippen LogP contribution in [-0.2, 0) is 0 Å². The SMILES string of the molecule is Cc1cc(F)cc(C(=O)C2(N(C)C)CCCCC2)c1. The summed E-state index contributed by atoms with van der Waals surface area (Å²) in [4.78, 5) is 14.9. The van der Waals surface area contributed by atoms with E-state index in [0.29, 0.717) is 5.56 Å². The van der Waals surface area contributed by atoms with Crippen LogP contribution >= 0.6 is 0 Å². The molecule has 0 aromatic heterocycles. The maximum Gasteiger partial charge on any atom is 0.183 e. The van der Waals surface area contributed by atoms with E-state index >= 15 is 0 Å². The molecule has 0 spiro atoms. The average Bonchev–Trinajstić information content (AvgIpc) is 2.37. The Bertz CT molecular complexity index is 455. The van der Waals surface area contributed by atoms with E-state index in [9.17, 15) is 9.18 Å². The molecule has 2 nitrogen and oxygen atoms in total. The first-order chi connectivity index (χ1) is 8.95. The van der Waals surface area contributed by atoms with E-state index in [-0.39, 0.29) is 11.6 Å². The van der Waals surface area contributed by atoms with Crippen LogP contribution in [0.25, 0.3) is 0 Å². The minimum Gasteiger partial charge on any atom is -0.297 e. The molecule has 2 rings (SSSR count). The van der Waals surface area contributed by atoms with E-state index < -0.39 is 5.54 Å². The van der Waals surface area contributed by atoms with Crippen LogP contribution in [0, 0.1) is 12.7 Å². The highest BCUT2D eigenvalue weighted by atomic mass is 19.1. The third-order valence-electron chi connectivity index (χ3n) is 4.26. The second-order valence-corrected chi connectivity index (χ2v) is 5.83. The number of hydrogen-bond acceptors (Lipinski definition) is 2. The number of nitrogens with zero attached hydrogens (tertiary/aromatic N) is 1. The van der Waals surface area contributed by atoms with Crippen LogP contribution in [0.4, 0.5) is 4.39 Å². The Balaban J connectivity index is 2.39. The Morgan fingerprint density at radius 3 is 2.32 bits per heavy atom. The molecule has 0 aliphatic heterocycles. The smallest absolute Gasteiger partial charge is 0.183 e. The summed E-state index contributed by atoms with van der Waals surface area (Å²) in [6.45, 7) is 1.82. The molecule has 19 heavy (non-hydrogen) atoms. The van der Waals surface area contributed by atoms with Gasteiger partial charge in [0.15, 0.2) is 5.78 Å².